The molecule has 0 bridgehead atoms. The average Bonchev–Trinajstić information content (AvgIpc) is 2.97. The number of aromatic carboxylic acids is 1. The number of nitrogens with zero attached hydrogens (tertiary/aromatic N) is 1. The number of fused-ring (bicyclic) bond motifs is 1. The number of hydrogen-bond donors (Lipinski definition) is 2. The summed E-state index contributed by atoms with van der Waals surface area (Å²) in [6.45, 7) is 4.38. The number of rotatable bonds is 3. The molecule has 0 spiro atoms. The first-order valence-corrected chi connectivity index (χ1v) is 7.51. The van der Waals surface area contributed by atoms with Crippen molar-refractivity contribution in [2.24, 2.45) is 11.8 Å². The molecule has 0 radical (unpaired) electrons. The normalized spacial score (nSPS) is 25.5. The fourth-order valence-electron chi connectivity index (χ4n) is 3.82. The first-order valence-electron chi connectivity index (χ1n) is 7.51. The number of aromatic nitrogens is 2. The monoisotopic (exact) mass is 288 g/mol. The van der Waals surface area contributed by atoms with E-state index >= 15 is 0 Å². The fourth-order valence-corrected chi connectivity index (χ4v) is 3.82. The zero-order valence-electron chi connectivity index (χ0n) is 12.3. The Kier molecular flexibility index (Phi) is 3.35. The van der Waals surface area contributed by atoms with Crippen LogP contribution in [0.4, 0.5) is 0 Å². The molecule has 1 saturated carbocycles. The molecule has 5 heteroatoms. The Labute approximate surface area is 122 Å². The van der Waals surface area contributed by atoms with Gasteiger partial charge in [-0.2, -0.15) is 0 Å². The third-order valence-corrected chi connectivity index (χ3v) is 5.02. The van der Waals surface area contributed by atoms with E-state index < -0.39 is 5.97 Å². The highest BCUT2D eigenvalue weighted by atomic mass is 16.4. The van der Waals surface area contributed by atoms with Gasteiger partial charge in [-0.1, -0.05) is 26.3 Å². The van der Waals surface area contributed by atoms with Crippen molar-refractivity contribution >= 4 is 17.0 Å². The van der Waals surface area contributed by atoms with Crippen molar-refractivity contribution in [2.45, 2.75) is 39.2 Å². The SMILES string of the molecule is CCC1CCC(n2c(=O)[nH]c3c(C(=O)O)cccc32)C1C. The predicted molar refractivity (Wildman–Crippen MR) is 80.7 cm³/mol. The van der Waals surface area contributed by atoms with Gasteiger partial charge in [0.25, 0.3) is 0 Å². The van der Waals surface area contributed by atoms with Crippen LogP contribution >= 0.6 is 0 Å². The van der Waals surface area contributed by atoms with Crippen molar-refractivity contribution in [1.82, 2.24) is 9.55 Å². The van der Waals surface area contributed by atoms with Gasteiger partial charge in [-0.15, -0.1) is 0 Å². The molecule has 5 nitrogen and oxygen atoms in total. The highest BCUT2D eigenvalue weighted by Crippen LogP contribution is 2.42. The zero-order valence-corrected chi connectivity index (χ0v) is 12.3. The average molecular weight is 288 g/mol. The molecule has 1 aromatic carbocycles. The smallest absolute Gasteiger partial charge is 0.337 e. The van der Waals surface area contributed by atoms with Gasteiger partial charge < -0.3 is 10.1 Å². The summed E-state index contributed by atoms with van der Waals surface area (Å²) in [5.74, 6) is 0.0506. The summed E-state index contributed by atoms with van der Waals surface area (Å²) in [5, 5.41) is 9.25. The summed E-state index contributed by atoms with van der Waals surface area (Å²) < 4.78 is 1.77. The third kappa shape index (κ3) is 2.07. The highest BCUT2D eigenvalue weighted by molar-refractivity contribution is 6.00. The summed E-state index contributed by atoms with van der Waals surface area (Å²) in [4.78, 5) is 26.4. The van der Waals surface area contributed by atoms with Gasteiger partial charge in [-0.3, -0.25) is 4.57 Å². The second-order valence-corrected chi connectivity index (χ2v) is 5.98. The van der Waals surface area contributed by atoms with Crippen LogP contribution in [0.25, 0.3) is 11.0 Å². The molecule has 21 heavy (non-hydrogen) atoms. The van der Waals surface area contributed by atoms with Gasteiger partial charge in [-0.05, 0) is 36.8 Å². The first-order chi connectivity index (χ1) is 10.0. The number of hydrogen-bond acceptors (Lipinski definition) is 2. The maximum absolute atomic E-state index is 12.4. The molecule has 3 unspecified atom stereocenters. The van der Waals surface area contributed by atoms with Crippen LogP contribution in [-0.2, 0) is 0 Å². The van der Waals surface area contributed by atoms with Crippen LogP contribution in [0.1, 0.15) is 49.5 Å². The number of benzene rings is 1. The molecule has 1 fully saturated rings. The van der Waals surface area contributed by atoms with Crippen LogP contribution in [0, 0.1) is 11.8 Å². The number of carboxylic acid groups (broad SMARTS) is 1. The third-order valence-electron chi connectivity index (χ3n) is 5.02. The van der Waals surface area contributed by atoms with Gasteiger partial charge in [-0.25, -0.2) is 9.59 Å². The summed E-state index contributed by atoms with van der Waals surface area (Å²) >= 11 is 0. The quantitative estimate of drug-likeness (QED) is 0.911. The van der Waals surface area contributed by atoms with Gasteiger partial charge in [0, 0.05) is 6.04 Å². The van der Waals surface area contributed by atoms with Crippen LogP contribution in [0.3, 0.4) is 0 Å². The van der Waals surface area contributed by atoms with E-state index in [0.717, 1.165) is 19.3 Å². The molecular weight excluding hydrogens is 268 g/mol. The van der Waals surface area contributed by atoms with Gasteiger partial charge >= 0.3 is 11.7 Å². The molecule has 0 aliphatic heterocycles. The lowest BCUT2D eigenvalue weighted by Crippen LogP contribution is -2.25. The molecule has 1 aliphatic rings. The molecule has 1 aliphatic carbocycles. The standard InChI is InChI=1S/C16H20N2O3/c1-3-10-7-8-12(9(10)2)18-13-6-4-5-11(15(19)20)14(13)17-16(18)21/h4-6,9-10,12H,3,7-8H2,1-2H3,(H,17,21)(H,19,20). The lowest BCUT2D eigenvalue weighted by Gasteiger charge is -2.21. The minimum atomic E-state index is -1.01. The van der Waals surface area contributed by atoms with E-state index in [1.54, 1.807) is 10.6 Å². The maximum atomic E-state index is 12.4. The van der Waals surface area contributed by atoms with Crippen LogP contribution in [0.5, 0.6) is 0 Å². The second-order valence-electron chi connectivity index (χ2n) is 5.98. The van der Waals surface area contributed by atoms with Gasteiger partial charge in [0.15, 0.2) is 0 Å². The number of aromatic amines is 1. The molecule has 0 amide bonds. The summed E-state index contributed by atoms with van der Waals surface area (Å²) in [6.07, 6.45) is 3.22. The molecule has 2 aromatic rings. The Morgan fingerprint density at radius 1 is 1.43 bits per heavy atom. The van der Waals surface area contributed by atoms with E-state index in [1.807, 2.05) is 6.07 Å². The van der Waals surface area contributed by atoms with Crippen LogP contribution in [-0.4, -0.2) is 20.6 Å². The zero-order chi connectivity index (χ0) is 15.1. The molecule has 1 aromatic heterocycles. The fraction of sp³-hybridized carbons (Fsp3) is 0.500. The molecule has 2 N–H and O–H groups in total. The van der Waals surface area contributed by atoms with E-state index in [2.05, 4.69) is 18.8 Å². The van der Waals surface area contributed by atoms with Gasteiger partial charge in [0.2, 0.25) is 0 Å². The lowest BCUT2D eigenvalue weighted by molar-refractivity contribution is 0.0699. The number of para-hydroxylation sites is 1. The number of carbonyl (C=O) groups is 1. The van der Waals surface area contributed by atoms with Gasteiger partial charge in [0.1, 0.15) is 0 Å². The Morgan fingerprint density at radius 2 is 2.19 bits per heavy atom. The van der Waals surface area contributed by atoms with Gasteiger partial charge in [0.05, 0.1) is 16.6 Å². The van der Waals surface area contributed by atoms with E-state index in [-0.39, 0.29) is 17.3 Å². The number of imidazole rings is 1. The number of carboxylic acids is 1. The van der Waals surface area contributed by atoms with Crippen molar-refractivity contribution in [3.63, 3.8) is 0 Å². The van der Waals surface area contributed by atoms with Crippen molar-refractivity contribution in [2.75, 3.05) is 0 Å². The van der Waals surface area contributed by atoms with Crippen molar-refractivity contribution < 1.29 is 9.90 Å². The van der Waals surface area contributed by atoms with Crippen molar-refractivity contribution in [1.29, 1.82) is 0 Å². The number of H-pyrrole nitrogens is 1. The molecule has 3 atom stereocenters. The Hall–Kier alpha value is -2.04. The van der Waals surface area contributed by atoms with Crippen molar-refractivity contribution in [3.8, 4) is 0 Å². The van der Waals surface area contributed by atoms with Crippen LogP contribution in [0.2, 0.25) is 0 Å². The Bertz CT molecular complexity index is 744. The summed E-state index contributed by atoms with van der Waals surface area (Å²) in [7, 11) is 0. The number of nitrogens with one attached hydrogen (secondary N) is 1. The first kappa shape index (κ1) is 13.9. The molecule has 112 valence electrons. The van der Waals surface area contributed by atoms with E-state index in [0.29, 0.717) is 22.9 Å². The maximum Gasteiger partial charge on any atom is 0.337 e. The molecule has 1 heterocycles. The van der Waals surface area contributed by atoms with E-state index in [1.165, 1.54) is 6.07 Å². The van der Waals surface area contributed by atoms with Crippen LogP contribution in [0.15, 0.2) is 23.0 Å². The van der Waals surface area contributed by atoms with E-state index in [9.17, 15) is 14.7 Å². The minimum Gasteiger partial charge on any atom is -0.478 e. The largest absolute Gasteiger partial charge is 0.478 e. The summed E-state index contributed by atoms with van der Waals surface area (Å²) in [5.41, 5.74) is 1.09. The lowest BCUT2D eigenvalue weighted by atomic mass is 9.93. The predicted octanol–water partition coefficient (Wildman–Crippen LogP) is 3.03. The molecule has 0 saturated heterocycles. The molecular formula is C16H20N2O3. The topological polar surface area (TPSA) is 75.1 Å². The second kappa shape index (κ2) is 5.06. The van der Waals surface area contributed by atoms with E-state index in [4.69, 9.17) is 0 Å². The van der Waals surface area contributed by atoms with Crippen LogP contribution < -0.4 is 5.69 Å². The Morgan fingerprint density at radius 3 is 2.81 bits per heavy atom. The summed E-state index contributed by atoms with van der Waals surface area (Å²) in [6, 6.07) is 5.20. The molecule has 3 rings (SSSR count). The highest BCUT2D eigenvalue weighted by Gasteiger charge is 2.34. The van der Waals surface area contributed by atoms with Crippen molar-refractivity contribution in [3.05, 3.63) is 34.2 Å². The Balaban J connectivity index is 2.16. The minimum absolute atomic E-state index is 0.153.